The van der Waals surface area contributed by atoms with Crippen LogP contribution in [0.2, 0.25) is 0 Å². The van der Waals surface area contributed by atoms with Crippen molar-refractivity contribution >= 4 is 34.6 Å². The molecule has 2 rings (SSSR count). The highest BCUT2D eigenvalue weighted by molar-refractivity contribution is 7.13. The van der Waals surface area contributed by atoms with E-state index < -0.39 is 6.09 Å². The zero-order chi connectivity index (χ0) is 18.2. The molecule has 0 saturated carbocycles. The summed E-state index contributed by atoms with van der Waals surface area (Å²) in [5, 5.41) is 7.52. The summed E-state index contributed by atoms with van der Waals surface area (Å²) < 4.78 is 9.45. The van der Waals surface area contributed by atoms with Gasteiger partial charge in [-0.1, -0.05) is 0 Å². The molecule has 2 N–H and O–H groups in total. The maximum absolute atomic E-state index is 12.1. The van der Waals surface area contributed by atoms with Gasteiger partial charge in [-0.25, -0.2) is 14.6 Å². The van der Waals surface area contributed by atoms with Crippen LogP contribution >= 0.6 is 11.3 Å². The van der Waals surface area contributed by atoms with Crippen molar-refractivity contribution < 1.29 is 23.9 Å². The summed E-state index contributed by atoms with van der Waals surface area (Å²) in [6, 6.07) is 0.0319. The third-order valence-electron chi connectivity index (χ3n) is 3.67. The van der Waals surface area contributed by atoms with Gasteiger partial charge in [0, 0.05) is 24.5 Å². The highest BCUT2D eigenvalue weighted by atomic mass is 32.1. The minimum Gasteiger partial charge on any atom is -0.453 e. The topological polar surface area (TPSA) is 110 Å². The number of aromatic nitrogens is 1. The van der Waals surface area contributed by atoms with Gasteiger partial charge in [-0.3, -0.25) is 10.1 Å². The van der Waals surface area contributed by atoms with Crippen LogP contribution in [0.4, 0.5) is 14.7 Å². The first-order valence-electron chi connectivity index (χ1n) is 8.02. The first-order valence-corrected chi connectivity index (χ1v) is 8.90. The third-order valence-corrected chi connectivity index (χ3v) is 4.48. The van der Waals surface area contributed by atoms with Gasteiger partial charge in [0.25, 0.3) is 0 Å². The number of carbonyl (C=O) groups is 3. The van der Waals surface area contributed by atoms with Crippen LogP contribution in [0.3, 0.4) is 0 Å². The van der Waals surface area contributed by atoms with E-state index in [-0.39, 0.29) is 24.5 Å². The summed E-state index contributed by atoms with van der Waals surface area (Å²) in [6.45, 7) is 3.26. The van der Waals surface area contributed by atoms with Crippen molar-refractivity contribution in [1.29, 1.82) is 0 Å². The second-order valence-electron chi connectivity index (χ2n) is 5.47. The number of piperidine rings is 1. The number of likely N-dealkylation sites (tertiary alicyclic amines) is 1. The van der Waals surface area contributed by atoms with E-state index in [0.29, 0.717) is 43.4 Å². The van der Waals surface area contributed by atoms with Crippen LogP contribution in [-0.2, 0) is 20.7 Å². The Balaban J connectivity index is 1.74. The van der Waals surface area contributed by atoms with E-state index in [1.54, 1.807) is 17.2 Å². The number of amides is 3. The molecule has 0 bridgehead atoms. The van der Waals surface area contributed by atoms with E-state index >= 15 is 0 Å². The fourth-order valence-electron chi connectivity index (χ4n) is 2.45. The van der Waals surface area contributed by atoms with Gasteiger partial charge in [-0.15, -0.1) is 11.3 Å². The van der Waals surface area contributed by atoms with E-state index in [1.807, 2.05) is 0 Å². The molecule has 1 aliphatic heterocycles. The van der Waals surface area contributed by atoms with Crippen LogP contribution in [0.25, 0.3) is 0 Å². The van der Waals surface area contributed by atoms with Crippen LogP contribution in [0.5, 0.6) is 0 Å². The average Bonchev–Trinajstić information content (AvgIpc) is 3.02. The Morgan fingerprint density at radius 1 is 1.36 bits per heavy atom. The number of thiazole rings is 1. The SMILES string of the molecule is CCOC(=O)N1CCC(NC(=O)Cc2csc(NC(=O)OC)n2)CC1. The zero-order valence-electron chi connectivity index (χ0n) is 14.2. The van der Waals surface area contributed by atoms with E-state index in [1.165, 1.54) is 18.4 Å². The second kappa shape index (κ2) is 9.21. The molecule has 0 unspecified atom stereocenters. The molecule has 0 spiro atoms. The number of hydrogen-bond acceptors (Lipinski definition) is 7. The molecule has 0 radical (unpaired) electrons. The number of methoxy groups -OCH3 is 1. The van der Waals surface area contributed by atoms with Crippen molar-refractivity contribution in [3.63, 3.8) is 0 Å². The van der Waals surface area contributed by atoms with E-state index in [9.17, 15) is 14.4 Å². The molecule has 3 amide bonds. The summed E-state index contributed by atoms with van der Waals surface area (Å²) in [6.07, 6.45) is 0.615. The summed E-state index contributed by atoms with van der Waals surface area (Å²) in [5.74, 6) is -0.135. The van der Waals surface area contributed by atoms with Crippen molar-refractivity contribution in [2.45, 2.75) is 32.2 Å². The number of nitrogens with one attached hydrogen (secondary N) is 2. The van der Waals surface area contributed by atoms with Crippen LogP contribution in [0, 0.1) is 0 Å². The highest BCUT2D eigenvalue weighted by Gasteiger charge is 2.24. The molecule has 1 saturated heterocycles. The predicted molar refractivity (Wildman–Crippen MR) is 91.6 cm³/mol. The fraction of sp³-hybridized carbons (Fsp3) is 0.600. The van der Waals surface area contributed by atoms with Crippen molar-refractivity contribution in [3.05, 3.63) is 11.1 Å². The number of rotatable bonds is 5. The van der Waals surface area contributed by atoms with Gasteiger partial charge < -0.3 is 19.7 Å². The smallest absolute Gasteiger partial charge is 0.413 e. The monoisotopic (exact) mass is 370 g/mol. The lowest BCUT2D eigenvalue weighted by atomic mass is 10.1. The van der Waals surface area contributed by atoms with Gasteiger partial charge in [0.15, 0.2) is 5.13 Å². The summed E-state index contributed by atoms with van der Waals surface area (Å²) >= 11 is 1.23. The van der Waals surface area contributed by atoms with E-state index in [2.05, 4.69) is 20.4 Å². The third kappa shape index (κ3) is 5.89. The quantitative estimate of drug-likeness (QED) is 0.815. The van der Waals surface area contributed by atoms with Crippen LogP contribution in [-0.4, -0.2) is 60.8 Å². The number of carbonyl (C=O) groups excluding carboxylic acids is 3. The lowest BCUT2D eigenvalue weighted by Gasteiger charge is -2.31. The predicted octanol–water partition coefficient (Wildman–Crippen LogP) is 1.60. The van der Waals surface area contributed by atoms with E-state index in [0.717, 1.165) is 0 Å². The molecule has 138 valence electrons. The molecule has 1 aromatic heterocycles. The molecule has 25 heavy (non-hydrogen) atoms. The maximum Gasteiger partial charge on any atom is 0.413 e. The first-order chi connectivity index (χ1) is 12.0. The minimum absolute atomic E-state index is 0.0319. The molecular formula is C15H22N4O5S. The highest BCUT2D eigenvalue weighted by Crippen LogP contribution is 2.16. The van der Waals surface area contributed by atoms with Crippen molar-refractivity contribution in [3.8, 4) is 0 Å². The molecule has 0 aliphatic carbocycles. The normalized spacial score (nSPS) is 14.7. The van der Waals surface area contributed by atoms with Gasteiger partial charge in [0.1, 0.15) is 0 Å². The first kappa shape index (κ1) is 19.0. The van der Waals surface area contributed by atoms with Gasteiger partial charge in [0.05, 0.1) is 25.8 Å². The number of nitrogens with zero attached hydrogens (tertiary/aromatic N) is 2. The molecule has 9 nitrogen and oxygen atoms in total. The Morgan fingerprint density at radius 2 is 2.08 bits per heavy atom. The Morgan fingerprint density at radius 3 is 2.72 bits per heavy atom. The van der Waals surface area contributed by atoms with Crippen LogP contribution in [0.1, 0.15) is 25.5 Å². The Bertz CT molecular complexity index is 613. The minimum atomic E-state index is -0.598. The lowest BCUT2D eigenvalue weighted by Crippen LogP contribution is -2.47. The summed E-state index contributed by atoms with van der Waals surface area (Å²) in [4.78, 5) is 40.7. The molecule has 10 heteroatoms. The largest absolute Gasteiger partial charge is 0.453 e. The molecule has 2 heterocycles. The van der Waals surface area contributed by atoms with E-state index in [4.69, 9.17) is 4.74 Å². The standard InChI is InChI=1S/C15H22N4O5S/c1-3-24-15(22)19-6-4-10(5-7-19)16-12(20)8-11-9-25-13(17-11)18-14(21)23-2/h9-10H,3-8H2,1-2H3,(H,16,20)(H,17,18,21). The van der Waals surface area contributed by atoms with Gasteiger partial charge in [0.2, 0.25) is 5.91 Å². The van der Waals surface area contributed by atoms with Gasteiger partial charge in [-0.2, -0.15) is 0 Å². The summed E-state index contributed by atoms with van der Waals surface area (Å²) in [5.41, 5.74) is 0.581. The van der Waals surface area contributed by atoms with Crippen molar-refractivity contribution in [2.24, 2.45) is 0 Å². The Labute approximate surface area is 149 Å². The zero-order valence-corrected chi connectivity index (χ0v) is 15.1. The van der Waals surface area contributed by atoms with Crippen LogP contribution < -0.4 is 10.6 Å². The second-order valence-corrected chi connectivity index (χ2v) is 6.32. The molecule has 1 aromatic rings. The number of ether oxygens (including phenoxy) is 2. The number of anilines is 1. The molecule has 0 atom stereocenters. The van der Waals surface area contributed by atoms with Gasteiger partial charge in [-0.05, 0) is 19.8 Å². The average molecular weight is 370 g/mol. The fourth-order valence-corrected chi connectivity index (χ4v) is 3.14. The lowest BCUT2D eigenvalue weighted by molar-refractivity contribution is -0.121. The van der Waals surface area contributed by atoms with Crippen LogP contribution in [0.15, 0.2) is 5.38 Å². The van der Waals surface area contributed by atoms with Crippen molar-refractivity contribution in [1.82, 2.24) is 15.2 Å². The Hall–Kier alpha value is -2.36. The van der Waals surface area contributed by atoms with Gasteiger partial charge >= 0.3 is 12.2 Å². The molecule has 0 aromatic carbocycles. The maximum atomic E-state index is 12.1. The molecule has 1 fully saturated rings. The molecule has 1 aliphatic rings. The molecular weight excluding hydrogens is 348 g/mol. The summed E-state index contributed by atoms with van der Waals surface area (Å²) in [7, 11) is 1.27. The Kier molecular flexibility index (Phi) is 6.99. The van der Waals surface area contributed by atoms with Crippen molar-refractivity contribution in [2.75, 3.05) is 32.1 Å². The number of hydrogen-bond donors (Lipinski definition) is 2.